The number of ether oxygens (including phenoxy) is 1. The van der Waals surface area contributed by atoms with Crippen LogP contribution in [-0.4, -0.2) is 43.0 Å². The lowest BCUT2D eigenvalue weighted by Crippen LogP contribution is -2.48. The van der Waals surface area contributed by atoms with Crippen molar-refractivity contribution >= 4 is 5.84 Å². The van der Waals surface area contributed by atoms with Gasteiger partial charge in [-0.1, -0.05) is 19.0 Å². The predicted octanol–water partition coefficient (Wildman–Crippen LogP) is 1.56. The van der Waals surface area contributed by atoms with Gasteiger partial charge in [0.2, 0.25) is 0 Å². The van der Waals surface area contributed by atoms with Gasteiger partial charge in [0.25, 0.3) is 0 Å². The Balaban J connectivity index is 4.59. The van der Waals surface area contributed by atoms with Crippen LogP contribution in [0.4, 0.5) is 13.2 Å². The zero-order chi connectivity index (χ0) is 15.1. The van der Waals surface area contributed by atoms with E-state index in [4.69, 9.17) is 15.7 Å². The van der Waals surface area contributed by atoms with Crippen molar-refractivity contribution in [2.75, 3.05) is 19.8 Å². The molecule has 8 heteroatoms. The number of hydrogen-bond donors (Lipinski definition) is 3. The summed E-state index contributed by atoms with van der Waals surface area (Å²) in [6, 6.07) is -0.226. The number of amidine groups is 1. The molecule has 0 amide bonds. The number of nitrogens with one attached hydrogen (secondary N) is 1. The zero-order valence-electron chi connectivity index (χ0n) is 11.4. The van der Waals surface area contributed by atoms with Crippen molar-refractivity contribution in [3.63, 3.8) is 0 Å². The van der Waals surface area contributed by atoms with Crippen molar-refractivity contribution in [3.8, 4) is 0 Å². The van der Waals surface area contributed by atoms with Gasteiger partial charge in [-0.2, -0.15) is 13.2 Å². The molecule has 2 unspecified atom stereocenters. The molecule has 0 fully saturated rings. The Kier molecular flexibility index (Phi) is 7.77. The average molecular weight is 285 g/mol. The highest BCUT2D eigenvalue weighted by atomic mass is 19.4. The van der Waals surface area contributed by atoms with Crippen LogP contribution < -0.4 is 11.1 Å². The van der Waals surface area contributed by atoms with Gasteiger partial charge in [-0.3, -0.25) is 0 Å². The second-order valence-electron chi connectivity index (χ2n) is 4.54. The summed E-state index contributed by atoms with van der Waals surface area (Å²) in [5.74, 6) is -2.76. The van der Waals surface area contributed by atoms with E-state index >= 15 is 0 Å². The Bertz CT molecular complexity index is 283. The highest BCUT2D eigenvalue weighted by molar-refractivity contribution is 5.83. The third-order valence-electron chi connectivity index (χ3n) is 2.76. The molecule has 0 rings (SSSR count). The average Bonchev–Trinajstić information content (AvgIpc) is 2.30. The van der Waals surface area contributed by atoms with Crippen molar-refractivity contribution in [2.24, 2.45) is 22.7 Å². The zero-order valence-corrected chi connectivity index (χ0v) is 11.4. The molecule has 4 N–H and O–H groups in total. The van der Waals surface area contributed by atoms with Crippen molar-refractivity contribution in [2.45, 2.75) is 33.0 Å². The Morgan fingerprint density at radius 3 is 2.37 bits per heavy atom. The van der Waals surface area contributed by atoms with E-state index in [-0.39, 0.29) is 12.0 Å². The lowest BCUT2D eigenvalue weighted by molar-refractivity contribution is -0.155. The third kappa shape index (κ3) is 6.63. The first kappa shape index (κ1) is 18.0. The van der Waals surface area contributed by atoms with Gasteiger partial charge in [0.1, 0.15) is 5.92 Å². The quantitative estimate of drug-likeness (QED) is 0.274. The standard InChI is InChI=1S/C11H22F3N3O2/c1-4-19-6-9(7(2)3)16-5-8(10(15)17-18)11(12,13)14/h7-9,16,18H,4-6H2,1-3H3,(H2,15,17). The molecule has 0 saturated heterocycles. The molecule has 114 valence electrons. The van der Waals surface area contributed by atoms with Crippen molar-refractivity contribution in [1.29, 1.82) is 0 Å². The van der Waals surface area contributed by atoms with Crippen LogP contribution in [-0.2, 0) is 4.74 Å². The lowest BCUT2D eigenvalue weighted by atomic mass is 10.0. The van der Waals surface area contributed by atoms with E-state index in [0.29, 0.717) is 13.2 Å². The van der Waals surface area contributed by atoms with Gasteiger partial charge in [-0.25, -0.2) is 0 Å². The number of alkyl halides is 3. The lowest BCUT2D eigenvalue weighted by Gasteiger charge is -2.26. The van der Waals surface area contributed by atoms with E-state index < -0.39 is 24.5 Å². The molecule has 0 aliphatic heterocycles. The molecule has 0 spiro atoms. The van der Waals surface area contributed by atoms with Gasteiger partial charge in [-0.05, 0) is 12.8 Å². The summed E-state index contributed by atoms with van der Waals surface area (Å²) in [7, 11) is 0. The Hall–Kier alpha value is -1.02. The van der Waals surface area contributed by atoms with Crippen LogP contribution in [0.25, 0.3) is 0 Å². The smallest absolute Gasteiger partial charge is 0.400 e. The number of rotatable bonds is 8. The molecular weight excluding hydrogens is 263 g/mol. The fourth-order valence-electron chi connectivity index (χ4n) is 1.46. The second-order valence-corrected chi connectivity index (χ2v) is 4.54. The topological polar surface area (TPSA) is 79.9 Å². The number of nitrogens with zero attached hydrogens (tertiary/aromatic N) is 1. The van der Waals surface area contributed by atoms with Crippen LogP contribution >= 0.6 is 0 Å². The maximum Gasteiger partial charge on any atom is 0.400 e. The van der Waals surface area contributed by atoms with Gasteiger partial charge in [-0.15, -0.1) is 0 Å². The largest absolute Gasteiger partial charge is 0.409 e. The minimum absolute atomic E-state index is 0.104. The molecule has 19 heavy (non-hydrogen) atoms. The summed E-state index contributed by atoms with van der Waals surface area (Å²) in [5, 5.41) is 13.6. The number of hydrogen-bond acceptors (Lipinski definition) is 4. The third-order valence-corrected chi connectivity index (χ3v) is 2.76. The molecule has 2 atom stereocenters. The fourth-order valence-corrected chi connectivity index (χ4v) is 1.46. The van der Waals surface area contributed by atoms with E-state index in [0.717, 1.165) is 0 Å². The summed E-state index contributed by atoms with van der Waals surface area (Å²) >= 11 is 0. The summed E-state index contributed by atoms with van der Waals surface area (Å²) in [6.45, 7) is 5.93. The van der Waals surface area contributed by atoms with Crippen LogP contribution in [0.15, 0.2) is 5.16 Å². The summed E-state index contributed by atoms with van der Waals surface area (Å²) < 4.78 is 43.4. The Labute approximate surface area is 111 Å². The number of halogens is 3. The molecule has 0 heterocycles. The van der Waals surface area contributed by atoms with E-state index in [1.54, 1.807) is 0 Å². The fraction of sp³-hybridized carbons (Fsp3) is 0.909. The molecule has 0 radical (unpaired) electrons. The number of nitrogens with two attached hydrogens (primary N) is 1. The monoisotopic (exact) mass is 285 g/mol. The molecule has 5 nitrogen and oxygen atoms in total. The maximum atomic E-state index is 12.7. The highest BCUT2D eigenvalue weighted by Crippen LogP contribution is 2.26. The molecule has 0 bridgehead atoms. The van der Waals surface area contributed by atoms with E-state index in [1.807, 2.05) is 20.8 Å². The molecule has 0 aromatic carbocycles. The first-order valence-corrected chi connectivity index (χ1v) is 6.09. The first-order valence-electron chi connectivity index (χ1n) is 6.09. The molecule has 0 saturated carbocycles. The van der Waals surface area contributed by atoms with E-state index in [1.165, 1.54) is 0 Å². The van der Waals surface area contributed by atoms with Gasteiger partial charge in [0.15, 0.2) is 5.84 Å². The first-order chi connectivity index (χ1) is 8.73. The molecule has 0 aromatic rings. The SMILES string of the molecule is CCOCC(NCC(C(N)=NO)C(F)(F)F)C(C)C. The highest BCUT2D eigenvalue weighted by Gasteiger charge is 2.42. The van der Waals surface area contributed by atoms with Gasteiger partial charge < -0.3 is 21.0 Å². The van der Waals surface area contributed by atoms with Crippen LogP contribution in [0, 0.1) is 11.8 Å². The minimum Gasteiger partial charge on any atom is -0.409 e. The van der Waals surface area contributed by atoms with Crippen molar-refractivity contribution in [3.05, 3.63) is 0 Å². The second kappa shape index (κ2) is 8.21. The van der Waals surface area contributed by atoms with Crippen LogP contribution in [0.1, 0.15) is 20.8 Å². The van der Waals surface area contributed by atoms with Crippen molar-refractivity contribution in [1.82, 2.24) is 5.32 Å². The molecule has 0 aliphatic rings. The minimum atomic E-state index is -4.56. The molecule has 0 aromatic heterocycles. The maximum absolute atomic E-state index is 12.7. The number of oxime groups is 1. The summed E-state index contributed by atoms with van der Waals surface area (Å²) in [5.41, 5.74) is 5.07. The van der Waals surface area contributed by atoms with Crippen LogP contribution in [0.3, 0.4) is 0 Å². The molecular formula is C11H22F3N3O2. The van der Waals surface area contributed by atoms with Crippen molar-refractivity contribution < 1.29 is 23.1 Å². The summed E-state index contributed by atoms with van der Waals surface area (Å²) in [4.78, 5) is 0. The predicted molar refractivity (Wildman–Crippen MR) is 66.1 cm³/mol. The van der Waals surface area contributed by atoms with Crippen LogP contribution in [0.5, 0.6) is 0 Å². The van der Waals surface area contributed by atoms with E-state index in [2.05, 4.69) is 10.5 Å². The Morgan fingerprint density at radius 1 is 1.42 bits per heavy atom. The van der Waals surface area contributed by atoms with Crippen LogP contribution in [0.2, 0.25) is 0 Å². The van der Waals surface area contributed by atoms with Gasteiger partial charge in [0, 0.05) is 19.2 Å². The van der Waals surface area contributed by atoms with Gasteiger partial charge in [0.05, 0.1) is 6.61 Å². The molecule has 0 aliphatic carbocycles. The Morgan fingerprint density at radius 2 is 2.00 bits per heavy atom. The summed E-state index contributed by atoms with van der Waals surface area (Å²) in [6.07, 6.45) is -4.56. The van der Waals surface area contributed by atoms with Gasteiger partial charge >= 0.3 is 6.18 Å². The van der Waals surface area contributed by atoms with E-state index in [9.17, 15) is 13.2 Å². The normalized spacial score (nSPS) is 16.7.